The van der Waals surface area contributed by atoms with Crippen molar-refractivity contribution in [2.75, 3.05) is 0 Å². The summed E-state index contributed by atoms with van der Waals surface area (Å²) in [5.74, 6) is 0.269. The summed E-state index contributed by atoms with van der Waals surface area (Å²) in [6, 6.07) is 14.7. The molecular weight excluding hydrogens is 256 g/mol. The van der Waals surface area contributed by atoms with E-state index >= 15 is 0 Å². The number of Topliss-reactive ketones (excluding diaryl/α,β-unsaturated/α-hetero) is 2. The smallest absolute Gasteiger partial charge is 0.105 e. The van der Waals surface area contributed by atoms with Crippen molar-refractivity contribution in [3.8, 4) is 0 Å². The molecule has 2 aromatic rings. The molecule has 0 aromatic heterocycles. The first-order valence-corrected chi connectivity index (χ1v) is 5.06. The van der Waals surface area contributed by atoms with Crippen molar-refractivity contribution >= 4 is 11.6 Å². The van der Waals surface area contributed by atoms with E-state index in [1.54, 1.807) is 13.8 Å². The largest absolute Gasteiger partial charge is 0.718 e. The van der Waals surface area contributed by atoms with E-state index in [0.717, 1.165) is 11.1 Å². The molecule has 0 radical (unpaired) electrons. The molecule has 0 saturated carbocycles. The average Bonchev–Trinajstić information content (AvgIpc) is 2.93. The molecule has 96 valence electrons. The molecule has 3 heteroatoms. The van der Waals surface area contributed by atoms with Gasteiger partial charge in [0.15, 0.2) is 0 Å². The number of hydrogen-bond donors (Lipinski definition) is 0. The second kappa shape index (κ2) is 7.77. The van der Waals surface area contributed by atoms with Gasteiger partial charge in [-0.1, -0.05) is 5.56 Å². The van der Waals surface area contributed by atoms with Gasteiger partial charge in [-0.15, -0.1) is 6.92 Å². The second-order valence-electron chi connectivity index (χ2n) is 3.46. The van der Waals surface area contributed by atoms with Gasteiger partial charge in [0.2, 0.25) is 0 Å². The summed E-state index contributed by atoms with van der Waals surface area (Å²) >= 11 is 0. The fourth-order valence-electron chi connectivity index (χ4n) is 1.22. The molecule has 0 spiro atoms. The van der Waals surface area contributed by atoms with E-state index in [0.29, 0.717) is 0 Å². The molecular formula is C14H14FeO2-6. The van der Waals surface area contributed by atoms with E-state index in [9.17, 15) is 9.59 Å². The van der Waals surface area contributed by atoms with Crippen molar-refractivity contribution in [3.63, 3.8) is 0 Å². The second-order valence-corrected chi connectivity index (χ2v) is 3.46. The van der Waals surface area contributed by atoms with Gasteiger partial charge < -0.3 is 39.4 Å². The monoisotopic (exact) mass is 270 g/mol. The number of carbonyl (C=O) groups excluding carboxylic acids is 2. The van der Waals surface area contributed by atoms with E-state index in [-0.39, 0.29) is 28.6 Å². The summed E-state index contributed by atoms with van der Waals surface area (Å²) in [6.45, 7) is 3.13. The average molecular weight is 270 g/mol. The SMILES string of the molecule is CC(=O)[c-]1[cH-][cH-][cH-][cH-]1.CC(=O)[c-]1cccc1.[Fe]. The number of ketones is 2. The summed E-state index contributed by atoms with van der Waals surface area (Å²) in [4.78, 5) is 21.0. The fraction of sp³-hybridized carbons (Fsp3) is 0.143. The van der Waals surface area contributed by atoms with Crippen molar-refractivity contribution in [2.24, 2.45) is 0 Å². The van der Waals surface area contributed by atoms with E-state index in [1.807, 2.05) is 48.5 Å². The molecule has 0 N–H and O–H groups in total. The number of carbonyl (C=O) groups is 2. The maximum absolute atomic E-state index is 10.5. The molecule has 0 atom stereocenters. The van der Waals surface area contributed by atoms with Crippen LogP contribution in [0.25, 0.3) is 0 Å². The molecule has 0 unspecified atom stereocenters. The van der Waals surface area contributed by atoms with Gasteiger partial charge in [0.1, 0.15) is 5.78 Å². The Balaban J connectivity index is 0.000000284. The van der Waals surface area contributed by atoms with Crippen LogP contribution in [0.2, 0.25) is 0 Å². The van der Waals surface area contributed by atoms with Crippen LogP contribution < -0.4 is 0 Å². The van der Waals surface area contributed by atoms with Crippen LogP contribution in [0.1, 0.15) is 34.6 Å². The van der Waals surface area contributed by atoms with E-state index in [4.69, 9.17) is 0 Å². The van der Waals surface area contributed by atoms with Gasteiger partial charge in [0.05, 0.1) is 0 Å². The molecule has 0 fully saturated rings. The third-order valence-electron chi connectivity index (χ3n) is 2.14. The zero-order valence-corrected chi connectivity index (χ0v) is 10.9. The molecule has 0 saturated heterocycles. The Bertz CT molecular complexity index is 394. The molecule has 0 bridgehead atoms. The molecule has 17 heavy (non-hydrogen) atoms. The molecule has 2 rings (SSSR count). The van der Waals surface area contributed by atoms with Crippen LogP contribution in [-0.4, -0.2) is 11.6 Å². The Morgan fingerprint density at radius 1 is 0.941 bits per heavy atom. The van der Waals surface area contributed by atoms with Crippen molar-refractivity contribution < 1.29 is 26.7 Å². The van der Waals surface area contributed by atoms with Gasteiger partial charge >= 0.3 is 0 Å². The summed E-state index contributed by atoms with van der Waals surface area (Å²) in [5, 5.41) is 0. The molecule has 0 aliphatic carbocycles. The van der Waals surface area contributed by atoms with Crippen molar-refractivity contribution in [1.82, 2.24) is 0 Å². The number of rotatable bonds is 2. The topological polar surface area (TPSA) is 34.1 Å². The summed E-state index contributed by atoms with van der Waals surface area (Å²) in [7, 11) is 0. The van der Waals surface area contributed by atoms with Crippen LogP contribution in [0.15, 0.2) is 48.5 Å². The molecule has 2 nitrogen and oxygen atoms in total. The summed E-state index contributed by atoms with van der Waals surface area (Å²) in [5.41, 5.74) is 1.59. The summed E-state index contributed by atoms with van der Waals surface area (Å²) in [6.07, 6.45) is 0. The summed E-state index contributed by atoms with van der Waals surface area (Å²) < 4.78 is 0. The van der Waals surface area contributed by atoms with Gasteiger partial charge in [-0.25, -0.2) is 12.1 Å². The van der Waals surface area contributed by atoms with E-state index < -0.39 is 0 Å². The van der Waals surface area contributed by atoms with Gasteiger partial charge in [0, 0.05) is 17.1 Å². The molecule has 0 aliphatic rings. The van der Waals surface area contributed by atoms with Crippen molar-refractivity contribution in [2.45, 2.75) is 13.8 Å². The fourth-order valence-corrected chi connectivity index (χ4v) is 1.22. The zero-order chi connectivity index (χ0) is 12.0. The predicted molar refractivity (Wildman–Crippen MR) is 64.1 cm³/mol. The standard InChI is InChI=1S/2C7H7O.Fe/c2*1-6(8)7-4-2-3-5-7;/h2*2-5H,1H3;/q-5;-1;. The van der Waals surface area contributed by atoms with Crippen molar-refractivity contribution in [3.05, 3.63) is 59.7 Å². The predicted octanol–water partition coefficient (Wildman–Crippen LogP) is 3.21. The van der Waals surface area contributed by atoms with Crippen LogP contribution in [0.5, 0.6) is 0 Å². The minimum atomic E-state index is 0. The van der Waals surface area contributed by atoms with Crippen LogP contribution >= 0.6 is 0 Å². The maximum Gasteiger partial charge on any atom is 0.105 e. The Morgan fingerprint density at radius 3 is 1.65 bits per heavy atom. The first kappa shape index (κ1) is 15.6. The Hall–Kier alpha value is -1.44. The quantitative estimate of drug-likeness (QED) is 0.477. The zero-order valence-electron chi connectivity index (χ0n) is 9.79. The number of hydrogen-bond acceptors (Lipinski definition) is 2. The van der Waals surface area contributed by atoms with Crippen LogP contribution in [-0.2, 0) is 17.1 Å². The Morgan fingerprint density at radius 2 is 1.41 bits per heavy atom. The van der Waals surface area contributed by atoms with Gasteiger partial charge in [0.25, 0.3) is 0 Å². The van der Waals surface area contributed by atoms with Gasteiger partial charge in [-0.05, 0) is 6.92 Å². The first-order chi connectivity index (χ1) is 7.61. The third-order valence-corrected chi connectivity index (χ3v) is 2.14. The van der Waals surface area contributed by atoms with Gasteiger partial charge in [-0.2, -0.15) is 12.1 Å². The molecule has 0 heterocycles. The minimum Gasteiger partial charge on any atom is -0.718 e. The van der Waals surface area contributed by atoms with Crippen molar-refractivity contribution in [1.29, 1.82) is 0 Å². The molecule has 0 aliphatic heterocycles. The third kappa shape index (κ3) is 5.43. The molecule has 0 amide bonds. The maximum atomic E-state index is 10.5. The van der Waals surface area contributed by atoms with E-state index in [2.05, 4.69) is 0 Å². The van der Waals surface area contributed by atoms with Gasteiger partial charge in [-0.3, -0.25) is 5.78 Å². The van der Waals surface area contributed by atoms with Crippen LogP contribution in [0.4, 0.5) is 0 Å². The van der Waals surface area contributed by atoms with E-state index in [1.165, 1.54) is 0 Å². The van der Waals surface area contributed by atoms with Crippen LogP contribution in [0, 0.1) is 0 Å². The first-order valence-electron chi connectivity index (χ1n) is 5.06. The van der Waals surface area contributed by atoms with Crippen LogP contribution in [0.3, 0.4) is 0 Å². The normalized spacial score (nSPS) is 8.59. The Kier molecular flexibility index (Phi) is 7.11. The molecule has 2 aromatic carbocycles. The minimum absolute atomic E-state index is 0. The Labute approximate surface area is 112 Å².